The third kappa shape index (κ3) is 10.5. The molecule has 0 aromatic rings. The molecule has 1 atom stereocenters. The lowest BCUT2D eigenvalue weighted by Gasteiger charge is -2.17. The Hall–Kier alpha value is 0.177. The van der Waals surface area contributed by atoms with Crippen molar-refractivity contribution in [1.29, 1.82) is 0 Å². The minimum atomic E-state index is -0.202. The van der Waals surface area contributed by atoms with Gasteiger partial charge in [-0.15, -0.1) is 0 Å². The summed E-state index contributed by atoms with van der Waals surface area (Å²) in [4.78, 5) is 0. The van der Waals surface area contributed by atoms with Gasteiger partial charge in [-0.1, -0.05) is 59.3 Å². The van der Waals surface area contributed by atoms with Crippen LogP contribution in [0.15, 0.2) is 0 Å². The number of hydrogen-bond donors (Lipinski definition) is 0. The first-order chi connectivity index (χ1) is 7.35. The van der Waals surface area contributed by atoms with Gasteiger partial charge >= 0.3 is 0 Å². The lowest BCUT2D eigenvalue weighted by molar-refractivity contribution is 0.184. The van der Waals surface area contributed by atoms with Crippen LogP contribution in [0.3, 0.4) is 0 Å². The van der Waals surface area contributed by atoms with Crippen molar-refractivity contribution in [1.82, 2.24) is 0 Å². The van der Waals surface area contributed by atoms with E-state index < -0.39 is 0 Å². The highest BCUT2D eigenvalue weighted by molar-refractivity contribution is 6.27. The first-order valence-electron chi connectivity index (χ1n) is 6.96. The van der Waals surface area contributed by atoms with Crippen LogP contribution < -0.4 is 0 Å². The molecule has 15 heavy (non-hydrogen) atoms. The summed E-state index contributed by atoms with van der Waals surface area (Å²) in [5.74, 6) is 0. The molecule has 0 saturated heterocycles. The normalized spacial score (nSPS) is 13.8. The first-order valence-corrected chi connectivity index (χ1v) is 8.54. The zero-order valence-corrected chi connectivity index (χ0v) is 12.5. The van der Waals surface area contributed by atoms with Crippen LogP contribution in [0.1, 0.15) is 72.1 Å². The van der Waals surface area contributed by atoms with Gasteiger partial charge in [0.2, 0.25) is 0 Å². The van der Waals surface area contributed by atoms with E-state index in [0.29, 0.717) is 6.10 Å². The lowest BCUT2D eigenvalue weighted by Crippen LogP contribution is -2.15. The Labute approximate surface area is 98.9 Å². The molecular weight excluding hydrogens is 200 g/mol. The maximum atomic E-state index is 6.07. The quantitative estimate of drug-likeness (QED) is 0.384. The molecule has 0 amide bonds. The molecule has 0 spiro atoms. The van der Waals surface area contributed by atoms with Crippen molar-refractivity contribution in [3.8, 4) is 0 Å². The Morgan fingerprint density at radius 1 is 0.867 bits per heavy atom. The van der Waals surface area contributed by atoms with E-state index in [1.165, 1.54) is 57.4 Å². The molecule has 0 aliphatic heterocycles. The van der Waals surface area contributed by atoms with Gasteiger partial charge in [-0.05, 0) is 18.9 Å². The monoisotopic (exact) mass is 230 g/mol. The van der Waals surface area contributed by atoms with E-state index >= 15 is 0 Å². The maximum absolute atomic E-state index is 6.07. The van der Waals surface area contributed by atoms with Crippen molar-refractivity contribution in [2.24, 2.45) is 0 Å². The van der Waals surface area contributed by atoms with Crippen molar-refractivity contribution in [2.45, 2.75) is 84.3 Å². The number of rotatable bonds is 11. The van der Waals surface area contributed by atoms with Crippen LogP contribution in [0, 0.1) is 0 Å². The van der Waals surface area contributed by atoms with Crippen molar-refractivity contribution >= 4 is 9.76 Å². The van der Waals surface area contributed by atoms with E-state index in [2.05, 4.69) is 20.8 Å². The van der Waals surface area contributed by atoms with Crippen LogP contribution in [0.4, 0.5) is 0 Å². The summed E-state index contributed by atoms with van der Waals surface area (Å²) in [6.45, 7) is 6.80. The van der Waals surface area contributed by atoms with Gasteiger partial charge in [0.05, 0.1) is 0 Å². The molecule has 2 heteroatoms. The zero-order valence-electron chi connectivity index (χ0n) is 11.1. The summed E-state index contributed by atoms with van der Waals surface area (Å²) >= 11 is 0. The van der Waals surface area contributed by atoms with E-state index in [1.54, 1.807) is 0 Å². The highest BCUT2D eigenvalue weighted by Crippen LogP contribution is 2.12. The Morgan fingerprint density at radius 3 is 2.20 bits per heavy atom. The molecule has 0 radical (unpaired) electrons. The standard InChI is InChI=1S/C13H30OSi/c1-4-7-9-11-13(10-6-3)14-15-12-8-5-2/h13H,4-12,15H2,1-3H3. The molecule has 0 aliphatic carbocycles. The fraction of sp³-hybridized carbons (Fsp3) is 1.00. The predicted molar refractivity (Wildman–Crippen MR) is 72.2 cm³/mol. The molecular formula is C13H30OSi. The second kappa shape index (κ2) is 12.2. The highest BCUT2D eigenvalue weighted by Gasteiger charge is 2.06. The van der Waals surface area contributed by atoms with Crippen LogP contribution >= 0.6 is 0 Å². The fourth-order valence-electron chi connectivity index (χ4n) is 1.86. The Balaban J connectivity index is 3.44. The summed E-state index contributed by atoms with van der Waals surface area (Å²) in [5, 5.41) is 0. The Morgan fingerprint density at radius 2 is 1.60 bits per heavy atom. The Kier molecular flexibility index (Phi) is 12.4. The molecule has 1 unspecified atom stereocenters. The lowest BCUT2D eigenvalue weighted by atomic mass is 10.1. The zero-order chi connectivity index (χ0) is 11.4. The number of unbranched alkanes of at least 4 members (excludes halogenated alkanes) is 3. The van der Waals surface area contributed by atoms with Crippen LogP contribution in [-0.2, 0) is 4.43 Å². The largest absolute Gasteiger partial charge is 0.421 e. The second-order valence-electron chi connectivity index (χ2n) is 4.48. The van der Waals surface area contributed by atoms with Crippen LogP contribution in [-0.4, -0.2) is 15.9 Å². The molecule has 0 N–H and O–H groups in total. The molecule has 0 rings (SSSR count). The average Bonchev–Trinajstić information content (AvgIpc) is 2.24. The molecule has 92 valence electrons. The average molecular weight is 230 g/mol. The third-order valence-corrected chi connectivity index (χ3v) is 4.34. The third-order valence-electron chi connectivity index (χ3n) is 2.84. The minimum absolute atomic E-state index is 0.202. The van der Waals surface area contributed by atoms with E-state index in [1.807, 2.05) is 0 Å². The second-order valence-corrected chi connectivity index (χ2v) is 5.93. The molecule has 0 heterocycles. The van der Waals surface area contributed by atoms with Crippen molar-refractivity contribution in [3.05, 3.63) is 0 Å². The molecule has 0 aromatic carbocycles. The fourth-order valence-corrected chi connectivity index (χ4v) is 3.39. The molecule has 0 aliphatic rings. The predicted octanol–water partition coefficient (Wildman–Crippen LogP) is 4.05. The first kappa shape index (κ1) is 15.2. The van der Waals surface area contributed by atoms with Gasteiger partial charge in [-0.3, -0.25) is 0 Å². The van der Waals surface area contributed by atoms with Crippen LogP contribution in [0.2, 0.25) is 6.04 Å². The van der Waals surface area contributed by atoms with Crippen molar-refractivity contribution in [2.75, 3.05) is 0 Å². The molecule has 1 nitrogen and oxygen atoms in total. The van der Waals surface area contributed by atoms with E-state index in [-0.39, 0.29) is 9.76 Å². The Bertz CT molecular complexity index is 117. The van der Waals surface area contributed by atoms with Gasteiger partial charge in [0.1, 0.15) is 0 Å². The van der Waals surface area contributed by atoms with Gasteiger partial charge in [0, 0.05) is 6.10 Å². The SMILES string of the molecule is CCCCCC(CCC)O[SiH2]CCCC. The molecule has 0 bridgehead atoms. The summed E-state index contributed by atoms with van der Waals surface area (Å²) in [7, 11) is -0.202. The smallest absolute Gasteiger partial charge is 0.161 e. The molecule has 0 saturated carbocycles. The summed E-state index contributed by atoms with van der Waals surface area (Å²) in [6, 6.07) is 1.38. The van der Waals surface area contributed by atoms with Gasteiger partial charge in [-0.2, -0.15) is 0 Å². The van der Waals surface area contributed by atoms with Crippen LogP contribution in [0.25, 0.3) is 0 Å². The van der Waals surface area contributed by atoms with Gasteiger partial charge in [0.25, 0.3) is 0 Å². The molecule has 0 aromatic heterocycles. The molecule has 0 fully saturated rings. The summed E-state index contributed by atoms with van der Waals surface area (Å²) in [6.07, 6.45) is 11.2. The highest BCUT2D eigenvalue weighted by atomic mass is 28.2. The van der Waals surface area contributed by atoms with Crippen molar-refractivity contribution < 1.29 is 4.43 Å². The van der Waals surface area contributed by atoms with Crippen LogP contribution in [0.5, 0.6) is 0 Å². The topological polar surface area (TPSA) is 9.23 Å². The van der Waals surface area contributed by atoms with E-state index in [9.17, 15) is 0 Å². The number of hydrogen-bond acceptors (Lipinski definition) is 1. The minimum Gasteiger partial charge on any atom is -0.421 e. The van der Waals surface area contributed by atoms with E-state index in [0.717, 1.165) is 0 Å². The van der Waals surface area contributed by atoms with Gasteiger partial charge < -0.3 is 4.43 Å². The van der Waals surface area contributed by atoms with Gasteiger partial charge in [-0.25, -0.2) is 0 Å². The summed E-state index contributed by atoms with van der Waals surface area (Å²) < 4.78 is 6.07. The maximum Gasteiger partial charge on any atom is 0.161 e. The van der Waals surface area contributed by atoms with E-state index in [4.69, 9.17) is 4.43 Å². The summed E-state index contributed by atoms with van der Waals surface area (Å²) in [5.41, 5.74) is 0. The van der Waals surface area contributed by atoms with Gasteiger partial charge in [0.15, 0.2) is 9.76 Å². The van der Waals surface area contributed by atoms with Crippen molar-refractivity contribution in [3.63, 3.8) is 0 Å².